The molecule has 0 fully saturated rings. The topological polar surface area (TPSA) is 236 Å². The van der Waals surface area contributed by atoms with Gasteiger partial charge in [-0.1, -0.05) is 0 Å². The molecule has 0 bridgehead atoms. The fraction of sp³-hybridized carbons (Fsp3) is 0.526. The van der Waals surface area contributed by atoms with Gasteiger partial charge in [-0.3, -0.25) is 13.9 Å². The Labute approximate surface area is 227 Å². The highest BCUT2D eigenvalue weighted by Gasteiger charge is 2.26. The quantitative estimate of drug-likeness (QED) is 0.193. The second-order valence-corrected chi connectivity index (χ2v) is 13.3. The molecule has 2 rings (SSSR count). The lowest BCUT2D eigenvalue weighted by Gasteiger charge is -2.19. The molecule has 212 valence electrons. The smallest absolute Gasteiger partial charge is 0.277 e. The zero-order chi connectivity index (χ0) is 28.5. The van der Waals surface area contributed by atoms with Crippen LogP contribution in [0.5, 0.6) is 23.5 Å². The number of rotatable bonds is 16. The van der Waals surface area contributed by atoms with Gasteiger partial charge >= 0.3 is 0 Å². The molecule has 4 N–H and O–H groups in total. The van der Waals surface area contributed by atoms with E-state index in [1.165, 1.54) is 26.6 Å². The molecule has 0 saturated heterocycles. The molecular weight excluding hydrogens is 588 g/mol. The third-order valence-electron chi connectivity index (χ3n) is 4.68. The lowest BCUT2D eigenvalue weighted by Crippen LogP contribution is -2.14. The van der Waals surface area contributed by atoms with E-state index in [4.69, 9.17) is 18.6 Å². The van der Waals surface area contributed by atoms with Crippen molar-refractivity contribution in [2.24, 2.45) is 0 Å². The molecule has 2 atom stereocenters. The van der Waals surface area contributed by atoms with Gasteiger partial charge in [0.2, 0.25) is 0 Å². The molecule has 2 unspecified atom stereocenters. The number of hydrogen-bond acceptors (Lipinski definition) is 15. The summed E-state index contributed by atoms with van der Waals surface area (Å²) in [5.74, 6) is -3.10. The van der Waals surface area contributed by atoms with Crippen LogP contribution in [0.15, 0.2) is 12.4 Å². The van der Waals surface area contributed by atoms with Crippen molar-refractivity contribution in [3.05, 3.63) is 23.8 Å². The van der Waals surface area contributed by atoms with Crippen LogP contribution in [0.2, 0.25) is 0 Å². The van der Waals surface area contributed by atoms with Gasteiger partial charge in [-0.2, -0.15) is 40.4 Å². The van der Waals surface area contributed by atoms with E-state index in [0.29, 0.717) is 0 Å². The van der Waals surface area contributed by atoms with Gasteiger partial charge in [0.1, 0.15) is 5.78 Å². The second kappa shape index (κ2) is 14.1. The van der Waals surface area contributed by atoms with Crippen molar-refractivity contribution in [2.45, 2.75) is 23.3 Å². The Bertz CT molecular complexity index is 1230. The van der Waals surface area contributed by atoms with Crippen LogP contribution in [0.25, 0.3) is 0 Å². The average molecular weight is 615 g/mol. The Balaban J connectivity index is 2.28. The van der Waals surface area contributed by atoms with Gasteiger partial charge in [0.25, 0.3) is 43.8 Å². The van der Waals surface area contributed by atoms with Crippen molar-refractivity contribution in [2.75, 3.05) is 37.2 Å². The Morgan fingerprint density at radius 1 is 0.816 bits per heavy atom. The number of Topliss-reactive ketones (excluding diaryl/α,β-unsaturated/α-hetero) is 1. The van der Waals surface area contributed by atoms with Crippen LogP contribution >= 0.6 is 23.5 Å². The Morgan fingerprint density at radius 3 is 1.50 bits per heavy atom. The molecular formula is C19H26N4O11S4. The first-order chi connectivity index (χ1) is 17.7. The molecule has 19 heteroatoms. The molecule has 0 amide bonds. The summed E-state index contributed by atoms with van der Waals surface area (Å²) in [4.78, 5) is 28.9. The number of thioether (sulfide) groups is 2. The Kier molecular flexibility index (Phi) is 11.8. The SMILES string of the molecule is COc1nc(C(CC(=O)CC(SCCS(=O)(=O)O)c2cnc(O)c(OC)n2)SCCS(=O)(=O)O)cnc1O. The number of aromatic nitrogens is 4. The van der Waals surface area contributed by atoms with Crippen LogP contribution in [0.4, 0.5) is 0 Å². The molecule has 0 aliphatic rings. The fourth-order valence-electron chi connectivity index (χ4n) is 2.93. The van der Waals surface area contributed by atoms with Gasteiger partial charge in [-0.25, -0.2) is 19.9 Å². The molecule has 2 aromatic rings. The maximum absolute atomic E-state index is 13.2. The summed E-state index contributed by atoms with van der Waals surface area (Å²) in [6.07, 6.45) is 2.00. The first kappa shape index (κ1) is 31.8. The number of ether oxygens (including phenoxy) is 2. The molecule has 0 radical (unpaired) electrons. The second-order valence-electron chi connectivity index (χ2n) is 7.49. The normalized spacial score (nSPS) is 13.6. The number of carbonyl (C=O) groups is 1. The van der Waals surface area contributed by atoms with Gasteiger partial charge in [-0.15, -0.1) is 0 Å². The van der Waals surface area contributed by atoms with Crippen molar-refractivity contribution in [3.63, 3.8) is 0 Å². The first-order valence-corrected chi connectivity index (χ1v) is 15.9. The highest BCUT2D eigenvalue weighted by molar-refractivity contribution is 8.00. The first-order valence-electron chi connectivity index (χ1n) is 10.6. The molecule has 0 aliphatic heterocycles. The third-order valence-corrected chi connectivity index (χ3v) is 9.13. The molecule has 15 nitrogen and oxygen atoms in total. The van der Waals surface area contributed by atoms with Gasteiger partial charge in [0, 0.05) is 24.3 Å². The summed E-state index contributed by atoms with van der Waals surface area (Å²) >= 11 is 2.01. The van der Waals surface area contributed by atoms with E-state index < -0.39 is 54.0 Å². The minimum absolute atomic E-state index is 0.0885. The van der Waals surface area contributed by atoms with Crippen LogP contribution < -0.4 is 9.47 Å². The zero-order valence-corrected chi connectivity index (χ0v) is 23.4. The molecule has 2 heterocycles. The maximum atomic E-state index is 13.2. The van der Waals surface area contributed by atoms with Gasteiger partial charge in [0.05, 0.1) is 60.0 Å². The molecule has 2 aromatic heterocycles. The van der Waals surface area contributed by atoms with Crippen molar-refractivity contribution >= 4 is 49.5 Å². The van der Waals surface area contributed by atoms with Crippen molar-refractivity contribution in [1.29, 1.82) is 0 Å². The molecule has 0 saturated carbocycles. The fourth-order valence-corrected chi connectivity index (χ4v) is 7.13. The van der Waals surface area contributed by atoms with E-state index in [1.807, 2.05) is 0 Å². The number of carbonyl (C=O) groups excluding carboxylic acids is 1. The van der Waals surface area contributed by atoms with Gasteiger partial charge in [0.15, 0.2) is 0 Å². The standard InChI is InChI=1S/C19H26N4O11S4/c1-33-18-16(25)20-9-12(22-18)14(35-3-5-37(27,28)29)7-11(24)8-15(36-4-6-38(30,31)32)13-10-21-17(26)19(23-13)34-2/h9-10,14-15H,3-8H2,1-2H3,(H,20,25)(H,21,26)(H,27,28,29)(H,30,31,32). The van der Waals surface area contributed by atoms with Crippen molar-refractivity contribution in [1.82, 2.24) is 19.9 Å². The number of hydrogen-bond donors (Lipinski definition) is 4. The summed E-state index contributed by atoms with van der Waals surface area (Å²) < 4.78 is 72.6. The summed E-state index contributed by atoms with van der Waals surface area (Å²) in [5.41, 5.74) is 0.407. The highest BCUT2D eigenvalue weighted by atomic mass is 32.2. The van der Waals surface area contributed by atoms with E-state index in [-0.39, 0.29) is 53.3 Å². The number of ketones is 1. The minimum atomic E-state index is -4.26. The summed E-state index contributed by atoms with van der Waals surface area (Å²) in [7, 11) is -6.03. The lowest BCUT2D eigenvalue weighted by atomic mass is 10.1. The van der Waals surface area contributed by atoms with Crippen LogP contribution in [0.3, 0.4) is 0 Å². The third kappa shape index (κ3) is 10.7. The van der Waals surface area contributed by atoms with Gasteiger partial charge in [-0.05, 0) is 0 Å². The maximum Gasteiger partial charge on any atom is 0.277 e. The predicted octanol–water partition coefficient (Wildman–Crippen LogP) is 1.07. The average Bonchev–Trinajstić information content (AvgIpc) is 2.82. The number of aromatic hydroxyl groups is 2. The lowest BCUT2D eigenvalue weighted by molar-refractivity contribution is -0.119. The number of methoxy groups -OCH3 is 2. The predicted molar refractivity (Wildman–Crippen MR) is 138 cm³/mol. The number of nitrogens with zero attached hydrogens (tertiary/aromatic N) is 4. The molecule has 0 aliphatic carbocycles. The van der Waals surface area contributed by atoms with Crippen LogP contribution in [-0.4, -0.2) is 99.1 Å². The summed E-state index contributed by atoms with van der Waals surface area (Å²) in [5, 5.41) is 18.0. The summed E-state index contributed by atoms with van der Waals surface area (Å²) in [6.45, 7) is 0. The molecule has 0 aromatic carbocycles. The van der Waals surface area contributed by atoms with Crippen LogP contribution in [0, 0.1) is 0 Å². The Hall–Kier alpha value is -2.45. The summed E-state index contributed by atoms with van der Waals surface area (Å²) in [6, 6.07) is 0. The van der Waals surface area contributed by atoms with Crippen LogP contribution in [0.1, 0.15) is 34.7 Å². The van der Waals surface area contributed by atoms with E-state index in [0.717, 1.165) is 23.5 Å². The van der Waals surface area contributed by atoms with Crippen molar-refractivity contribution < 1.29 is 50.4 Å². The van der Waals surface area contributed by atoms with Crippen LogP contribution in [-0.2, 0) is 25.0 Å². The van der Waals surface area contributed by atoms with E-state index in [1.54, 1.807) is 0 Å². The molecule has 38 heavy (non-hydrogen) atoms. The largest absolute Gasteiger partial charge is 0.489 e. The highest BCUT2D eigenvalue weighted by Crippen LogP contribution is 2.38. The van der Waals surface area contributed by atoms with Crippen molar-refractivity contribution in [3.8, 4) is 23.5 Å². The zero-order valence-electron chi connectivity index (χ0n) is 20.1. The minimum Gasteiger partial charge on any atom is -0.489 e. The Morgan fingerprint density at radius 2 is 1.18 bits per heavy atom. The van der Waals surface area contributed by atoms with E-state index in [9.17, 15) is 31.8 Å². The van der Waals surface area contributed by atoms with E-state index >= 15 is 0 Å². The monoisotopic (exact) mass is 614 g/mol. The molecule has 0 spiro atoms. The van der Waals surface area contributed by atoms with E-state index in [2.05, 4.69) is 19.9 Å². The van der Waals surface area contributed by atoms with Gasteiger partial charge < -0.3 is 19.7 Å².